The molecule has 0 radical (unpaired) electrons. The lowest BCUT2D eigenvalue weighted by molar-refractivity contribution is -0.137. The van der Waals surface area contributed by atoms with Crippen molar-refractivity contribution in [3.8, 4) is 0 Å². The van der Waals surface area contributed by atoms with Gasteiger partial charge in [-0.1, -0.05) is 0 Å². The molecule has 1 rings (SSSR count). The van der Waals surface area contributed by atoms with Crippen molar-refractivity contribution < 1.29 is 15.0 Å². The van der Waals surface area contributed by atoms with E-state index in [-0.39, 0.29) is 13.0 Å². The van der Waals surface area contributed by atoms with Crippen LogP contribution in [0, 0.1) is 0 Å². The van der Waals surface area contributed by atoms with Gasteiger partial charge in [-0.25, -0.2) is 0 Å². The first-order chi connectivity index (χ1) is 8.22. The third kappa shape index (κ3) is 6.61. The maximum atomic E-state index is 10.6. The number of likely N-dealkylation sites (tertiary alicyclic amines) is 1. The molecule has 1 heterocycles. The normalized spacial score (nSPS) is 16.8. The molecule has 1 fully saturated rings. The number of carboxylic acid groups (broad SMARTS) is 1. The summed E-state index contributed by atoms with van der Waals surface area (Å²) in [6.07, 6.45) is 3.47. The molecule has 17 heavy (non-hydrogen) atoms. The number of aliphatic hydroxyl groups is 1. The van der Waals surface area contributed by atoms with Crippen molar-refractivity contribution in [1.82, 2.24) is 9.80 Å². The number of nitrogens with zero attached hydrogens (tertiary/aromatic N) is 2. The Kier molecular flexibility index (Phi) is 7.16. The first-order valence-corrected chi connectivity index (χ1v) is 6.49. The van der Waals surface area contributed by atoms with Crippen molar-refractivity contribution in [3.05, 3.63) is 0 Å². The molecule has 0 atom stereocenters. The van der Waals surface area contributed by atoms with E-state index in [1.165, 1.54) is 25.9 Å². The van der Waals surface area contributed by atoms with Gasteiger partial charge in [0.25, 0.3) is 0 Å². The van der Waals surface area contributed by atoms with Crippen molar-refractivity contribution in [2.24, 2.45) is 0 Å². The van der Waals surface area contributed by atoms with Gasteiger partial charge >= 0.3 is 5.97 Å². The topological polar surface area (TPSA) is 64.0 Å². The quantitative estimate of drug-likeness (QED) is 0.608. The molecular weight excluding hydrogens is 220 g/mol. The van der Waals surface area contributed by atoms with Crippen molar-refractivity contribution in [2.75, 3.05) is 45.9 Å². The third-order valence-corrected chi connectivity index (χ3v) is 3.21. The molecule has 0 bridgehead atoms. The average molecular weight is 244 g/mol. The fraction of sp³-hybridized carbons (Fsp3) is 0.917. The second-order valence-electron chi connectivity index (χ2n) is 4.61. The molecule has 0 aromatic rings. The summed E-state index contributed by atoms with van der Waals surface area (Å²) in [5.74, 6) is -0.750. The zero-order chi connectivity index (χ0) is 12.5. The van der Waals surface area contributed by atoms with Crippen LogP contribution in [-0.2, 0) is 4.79 Å². The first kappa shape index (κ1) is 14.4. The minimum atomic E-state index is -0.750. The van der Waals surface area contributed by atoms with Gasteiger partial charge in [-0.2, -0.15) is 0 Å². The molecule has 0 spiro atoms. The van der Waals surface area contributed by atoms with Gasteiger partial charge < -0.3 is 20.0 Å². The highest BCUT2D eigenvalue weighted by Crippen LogP contribution is 2.07. The van der Waals surface area contributed by atoms with Crippen LogP contribution in [0.4, 0.5) is 0 Å². The summed E-state index contributed by atoms with van der Waals surface area (Å²) in [4.78, 5) is 15.1. The Morgan fingerprint density at radius 1 is 1.18 bits per heavy atom. The summed E-state index contributed by atoms with van der Waals surface area (Å²) in [7, 11) is 0. The van der Waals surface area contributed by atoms with E-state index in [1.54, 1.807) is 0 Å². The Bertz CT molecular complexity index is 218. The van der Waals surface area contributed by atoms with Crippen LogP contribution in [-0.4, -0.2) is 71.9 Å². The van der Waals surface area contributed by atoms with Crippen molar-refractivity contribution >= 4 is 5.97 Å². The number of aliphatic hydroxyl groups excluding tert-OH is 1. The molecule has 100 valence electrons. The molecular formula is C12H24N2O3. The minimum Gasteiger partial charge on any atom is -0.481 e. The van der Waals surface area contributed by atoms with Crippen LogP contribution in [0.3, 0.4) is 0 Å². The number of carboxylic acids is 1. The Labute approximate surface area is 103 Å². The van der Waals surface area contributed by atoms with Gasteiger partial charge in [0.2, 0.25) is 0 Å². The number of aliphatic carboxylic acids is 1. The fourth-order valence-electron chi connectivity index (χ4n) is 2.17. The molecule has 0 saturated carbocycles. The zero-order valence-corrected chi connectivity index (χ0v) is 10.5. The molecule has 0 aromatic carbocycles. The predicted octanol–water partition coefficient (Wildman–Crippen LogP) is 0.241. The summed E-state index contributed by atoms with van der Waals surface area (Å²) in [6.45, 7) is 5.83. The van der Waals surface area contributed by atoms with Gasteiger partial charge in [0.15, 0.2) is 0 Å². The lowest BCUT2D eigenvalue weighted by Gasteiger charge is -2.24. The number of rotatable bonds is 9. The molecule has 1 saturated heterocycles. The molecule has 5 nitrogen and oxygen atoms in total. The van der Waals surface area contributed by atoms with Crippen LogP contribution in [0.25, 0.3) is 0 Å². The van der Waals surface area contributed by atoms with E-state index < -0.39 is 5.97 Å². The monoisotopic (exact) mass is 244 g/mol. The lowest BCUT2D eigenvalue weighted by Crippen LogP contribution is -2.36. The van der Waals surface area contributed by atoms with Crippen LogP contribution in [0.2, 0.25) is 0 Å². The van der Waals surface area contributed by atoms with Gasteiger partial charge in [0.05, 0.1) is 6.42 Å². The Balaban J connectivity index is 2.20. The van der Waals surface area contributed by atoms with E-state index in [9.17, 15) is 4.79 Å². The van der Waals surface area contributed by atoms with E-state index in [4.69, 9.17) is 10.2 Å². The fourth-order valence-corrected chi connectivity index (χ4v) is 2.17. The van der Waals surface area contributed by atoms with Crippen LogP contribution in [0.5, 0.6) is 0 Å². The van der Waals surface area contributed by atoms with Gasteiger partial charge in [0, 0.05) is 32.8 Å². The van der Waals surface area contributed by atoms with Crippen molar-refractivity contribution in [2.45, 2.75) is 25.7 Å². The zero-order valence-electron chi connectivity index (χ0n) is 10.5. The van der Waals surface area contributed by atoms with E-state index >= 15 is 0 Å². The predicted molar refractivity (Wildman–Crippen MR) is 66.1 cm³/mol. The van der Waals surface area contributed by atoms with Crippen LogP contribution < -0.4 is 0 Å². The van der Waals surface area contributed by atoms with E-state index in [1.807, 2.05) is 0 Å². The number of hydrogen-bond acceptors (Lipinski definition) is 4. The maximum absolute atomic E-state index is 10.6. The molecule has 2 N–H and O–H groups in total. The molecule has 0 aromatic heterocycles. The van der Waals surface area contributed by atoms with Crippen molar-refractivity contribution in [1.29, 1.82) is 0 Å². The Morgan fingerprint density at radius 3 is 2.47 bits per heavy atom. The van der Waals surface area contributed by atoms with Gasteiger partial charge in [-0.15, -0.1) is 0 Å². The summed E-state index contributed by atoms with van der Waals surface area (Å²) in [6, 6.07) is 0. The lowest BCUT2D eigenvalue weighted by atomic mass is 10.3. The van der Waals surface area contributed by atoms with Gasteiger partial charge in [-0.3, -0.25) is 4.79 Å². The average Bonchev–Trinajstić information content (AvgIpc) is 2.80. The third-order valence-electron chi connectivity index (χ3n) is 3.21. The highest BCUT2D eigenvalue weighted by molar-refractivity contribution is 5.66. The van der Waals surface area contributed by atoms with Gasteiger partial charge in [0.1, 0.15) is 0 Å². The van der Waals surface area contributed by atoms with E-state index in [0.717, 1.165) is 26.1 Å². The molecule has 0 amide bonds. The standard InChI is InChI=1S/C12H24N2O3/c15-11-3-7-14(8-4-12(16)17)10-9-13-5-1-2-6-13/h15H,1-11H2,(H,16,17). The molecule has 1 aliphatic heterocycles. The van der Waals surface area contributed by atoms with Crippen LogP contribution in [0.15, 0.2) is 0 Å². The number of hydrogen-bond donors (Lipinski definition) is 2. The summed E-state index contributed by atoms with van der Waals surface area (Å²) >= 11 is 0. The first-order valence-electron chi connectivity index (χ1n) is 6.49. The number of carbonyl (C=O) groups is 1. The largest absolute Gasteiger partial charge is 0.481 e. The molecule has 0 unspecified atom stereocenters. The summed E-state index contributed by atoms with van der Waals surface area (Å²) < 4.78 is 0. The second kappa shape index (κ2) is 8.44. The summed E-state index contributed by atoms with van der Waals surface area (Å²) in [5.41, 5.74) is 0. The Morgan fingerprint density at radius 2 is 1.88 bits per heavy atom. The maximum Gasteiger partial charge on any atom is 0.304 e. The highest BCUT2D eigenvalue weighted by atomic mass is 16.4. The molecule has 1 aliphatic rings. The van der Waals surface area contributed by atoms with E-state index in [2.05, 4.69) is 9.80 Å². The SMILES string of the molecule is O=C(O)CCN(CCCO)CCN1CCCC1. The van der Waals surface area contributed by atoms with Crippen LogP contribution in [0.1, 0.15) is 25.7 Å². The van der Waals surface area contributed by atoms with E-state index in [0.29, 0.717) is 6.54 Å². The molecule has 0 aliphatic carbocycles. The highest BCUT2D eigenvalue weighted by Gasteiger charge is 2.13. The smallest absolute Gasteiger partial charge is 0.304 e. The minimum absolute atomic E-state index is 0.174. The van der Waals surface area contributed by atoms with Crippen LogP contribution >= 0.6 is 0 Å². The Hall–Kier alpha value is -0.650. The second-order valence-corrected chi connectivity index (χ2v) is 4.61. The van der Waals surface area contributed by atoms with Crippen molar-refractivity contribution in [3.63, 3.8) is 0 Å². The van der Waals surface area contributed by atoms with Gasteiger partial charge in [-0.05, 0) is 32.4 Å². The summed E-state index contributed by atoms with van der Waals surface area (Å²) in [5, 5.41) is 17.5. The molecule has 5 heteroatoms.